The number of hydrazone groups is 1. The second kappa shape index (κ2) is 9.85. The van der Waals surface area contributed by atoms with Gasteiger partial charge >= 0.3 is 5.97 Å². The van der Waals surface area contributed by atoms with Crippen LogP contribution < -0.4 is 9.75 Å². The number of carbonyl (C=O) groups excluding carboxylic acids is 2. The van der Waals surface area contributed by atoms with Crippen molar-refractivity contribution < 1.29 is 41.0 Å². The molecule has 1 heterocycles. The molecule has 33 heavy (non-hydrogen) atoms. The maximum Gasteiger partial charge on any atom is 0.344 e. The molecule has 12 heteroatoms. The number of hydrogen-bond acceptors (Lipinski definition) is 5. The third-order valence-electron chi connectivity index (χ3n) is 4.38. The van der Waals surface area contributed by atoms with E-state index < -0.39 is 46.6 Å². The SMILES string of the molecule is CCOC(=O)COc1ccc(/C=C2/C(=O)N(c3c(F)c(F)c(F)c(F)c3F)N=C2C)cc1I. The average Bonchev–Trinajstić information content (AvgIpc) is 3.04. The molecule has 1 aliphatic rings. The van der Waals surface area contributed by atoms with Gasteiger partial charge in [-0.25, -0.2) is 26.7 Å². The summed E-state index contributed by atoms with van der Waals surface area (Å²) in [4.78, 5) is 24.1. The van der Waals surface area contributed by atoms with E-state index in [1.54, 1.807) is 13.0 Å². The van der Waals surface area contributed by atoms with Crippen molar-refractivity contribution in [1.82, 2.24) is 0 Å². The summed E-state index contributed by atoms with van der Waals surface area (Å²) in [6.07, 6.45) is 1.34. The first-order valence-corrected chi connectivity index (χ1v) is 10.4. The number of carbonyl (C=O) groups is 2. The van der Waals surface area contributed by atoms with Crippen LogP contribution >= 0.6 is 22.6 Å². The van der Waals surface area contributed by atoms with Gasteiger partial charge in [0, 0.05) is 0 Å². The van der Waals surface area contributed by atoms with E-state index in [1.165, 1.54) is 25.1 Å². The molecule has 0 aliphatic carbocycles. The summed E-state index contributed by atoms with van der Waals surface area (Å²) >= 11 is 1.93. The molecule has 2 aromatic rings. The molecular formula is C21H14F5IN2O4. The van der Waals surface area contributed by atoms with Gasteiger partial charge in [0.2, 0.25) is 5.82 Å². The quantitative estimate of drug-likeness (QED) is 0.124. The van der Waals surface area contributed by atoms with Crippen LogP contribution in [0.25, 0.3) is 6.08 Å². The third kappa shape index (κ3) is 4.84. The monoisotopic (exact) mass is 580 g/mol. The minimum atomic E-state index is -2.34. The summed E-state index contributed by atoms with van der Waals surface area (Å²) in [7, 11) is 0. The molecule has 0 N–H and O–H groups in total. The molecule has 3 rings (SSSR count). The van der Waals surface area contributed by atoms with Crippen LogP contribution in [0.2, 0.25) is 0 Å². The van der Waals surface area contributed by atoms with Crippen LogP contribution in [-0.2, 0) is 14.3 Å². The molecule has 0 atom stereocenters. The van der Waals surface area contributed by atoms with Crippen LogP contribution in [0.15, 0.2) is 28.9 Å². The Morgan fingerprint density at radius 2 is 1.70 bits per heavy atom. The zero-order valence-corrected chi connectivity index (χ0v) is 19.2. The smallest absolute Gasteiger partial charge is 0.344 e. The lowest BCUT2D eigenvalue weighted by Gasteiger charge is -2.15. The number of halogens is 6. The van der Waals surface area contributed by atoms with Gasteiger partial charge in [0.1, 0.15) is 11.4 Å². The Hall–Kier alpha value is -3.03. The van der Waals surface area contributed by atoms with Crippen LogP contribution in [0.1, 0.15) is 19.4 Å². The van der Waals surface area contributed by atoms with Crippen LogP contribution in [0.3, 0.4) is 0 Å². The Bertz CT molecular complexity index is 1190. The largest absolute Gasteiger partial charge is 0.481 e. The maximum absolute atomic E-state index is 14.1. The summed E-state index contributed by atoms with van der Waals surface area (Å²) in [6.45, 7) is 2.91. The Kier molecular flexibility index (Phi) is 7.34. The van der Waals surface area contributed by atoms with Crippen molar-refractivity contribution in [2.45, 2.75) is 13.8 Å². The van der Waals surface area contributed by atoms with E-state index in [9.17, 15) is 31.5 Å². The minimum Gasteiger partial charge on any atom is -0.481 e. The molecule has 0 spiro atoms. The molecule has 1 amide bonds. The summed E-state index contributed by atoms with van der Waals surface area (Å²) in [5.41, 5.74) is -1.12. The molecule has 0 aromatic heterocycles. The molecule has 1 aliphatic heterocycles. The molecule has 0 bridgehead atoms. The van der Waals surface area contributed by atoms with E-state index in [1.807, 2.05) is 22.6 Å². The fraction of sp³-hybridized carbons (Fsp3) is 0.190. The Morgan fingerprint density at radius 1 is 1.09 bits per heavy atom. The number of hydrogen-bond donors (Lipinski definition) is 0. The number of anilines is 1. The Morgan fingerprint density at radius 3 is 2.27 bits per heavy atom. The van der Waals surface area contributed by atoms with Gasteiger partial charge in [0.25, 0.3) is 5.91 Å². The van der Waals surface area contributed by atoms with Crippen molar-refractivity contribution in [3.63, 3.8) is 0 Å². The molecule has 0 unspecified atom stereocenters. The summed E-state index contributed by atoms with van der Waals surface area (Å²) in [5.74, 6) is -12.3. The van der Waals surface area contributed by atoms with Crippen molar-refractivity contribution >= 4 is 51.9 Å². The molecule has 6 nitrogen and oxygen atoms in total. The number of nitrogens with zero attached hydrogens (tertiary/aromatic N) is 2. The molecule has 174 valence electrons. The van der Waals surface area contributed by atoms with Gasteiger partial charge in [0.05, 0.1) is 21.5 Å². The van der Waals surface area contributed by atoms with Crippen molar-refractivity contribution in [3.8, 4) is 5.75 Å². The molecule has 0 saturated heterocycles. The van der Waals surface area contributed by atoms with E-state index in [2.05, 4.69) is 5.10 Å². The van der Waals surface area contributed by atoms with Crippen LogP contribution in [0, 0.1) is 32.7 Å². The second-order valence-electron chi connectivity index (χ2n) is 6.56. The zero-order chi connectivity index (χ0) is 24.4. The van der Waals surface area contributed by atoms with E-state index in [-0.39, 0.29) is 29.5 Å². The van der Waals surface area contributed by atoms with Gasteiger partial charge in [-0.3, -0.25) is 4.79 Å². The number of amides is 1. The lowest BCUT2D eigenvalue weighted by atomic mass is 10.1. The normalized spacial score (nSPS) is 14.7. The fourth-order valence-corrected chi connectivity index (χ4v) is 3.54. The van der Waals surface area contributed by atoms with Gasteiger partial charge < -0.3 is 9.47 Å². The zero-order valence-electron chi connectivity index (χ0n) is 17.0. The number of benzene rings is 2. The van der Waals surface area contributed by atoms with Gasteiger partial charge in [-0.1, -0.05) is 6.07 Å². The van der Waals surface area contributed by atoms with Gasteiger partial charge in [0.15, 0.2) is 29.9 Å². The topological polar surface area (TPSA) is 68.2 Å². The first kappa shape index (κ1) is 24.6. The van der Waals surface area contributed by atoms with Crippen LogP contribution in [0.5, 0.6) is 5.75 Å². The second-order valence-corrected chi connectivity index (χ2v) is 7.72. The van der Waals surface area contributed by atoms with E-state index >= 15 is 0 Å². The van der Waals surface area contributed by atoms with Crippen molar-refractivity contribution in [3.05, 3.63) is 62.0 Å². The predicted molar refractivity (Wildman–Crippen MR) is 116 cm³/mol. The number of esters is 1. The molecule has 0 saturated carbocycles. The highest BCUT2D eigenvalue weighted by molar-refractivity contribution is 14.1. The first-order valence-electron chi connectivity index (χ1n) is 9.27. The van der Waals surface area contributed by atoms with E-state index in [0.29, 0.717) is 14.9 Å². The highest BCUT2D eigenvalue weighted by Gasteiger charge is 2.37. The highest BCUT2D eigenvalue weighted by atomic mass is 127. The van der Waals surface area contributed by atoms with Crippen LogP contribution in [0.4, 0.5) is 27.6 Å². The predicted octanol–water partition coefficient (Wildman–Crippen LogP) is 4.73. The van der Waals surface area contributed by atoms with Crippen LogP contribution in [-0.4, -0.2) is 30.8 Å². The van der Waals surface area contributed by atoms with E-state index in [4.69, 9.17) is 9.47 Å². The third-order valence-corrected chi connectivity index (χ3v) is 5.22. The lowest BCUT2D eigenvalue weighted by molar-refractivity contribution is -0.145. The average molecular weight is 580 g/mol. The van der Waals surface area contributed by atoms with Crippen molar-refractivity contribution in [2.24, 2.45) is 5.10 Å². The number of rotatable bonds is 6. The summed E-state index contributed by atoms with van der Waals surface area (Å²) < 4.78 is 79.4. The molecule has 0 radical (unpaired) electrons. The van der Waals surface area contributed by atoms with Gasteiger partial charge in [-0.05, 0) is 60.2 Å². The summed E-state index contributed by atoms with van der Waals surface area (Å²) in [5, 5.41) is 3.81. The lowest BCUT2D eigenvalue weighted by Crippen LogP contribution is -2.25. The summed E-state index contributed by atoms with van der Waals surface area (Å²) in [6, 6.07) is 4.66. The standard InChI is InChI=1S/C21H14F5IN2O4/c1-3-32-14(30)8-33-13-5-4-10(7-12(13)27)6-11-9(2)28-29(21(11)31)20-18(25)16(23)15(22)17(24)19(20)26/h4-7H,3,8H2,1-2H3/b11-6+. The molecule has 0 fully saturated rings. The molecule has 2 aromatic carbocycles. The van der Waals surface area contributed by atoms with Gasteiger partial charge in [-0.15, -0.1) is 0 Å². The minimum absolute atomic E-state index is 0.00147. The first-order chi connectivity index (χ1) is 15.6. The van der Waals surface area contributed by atoms with Crippen molar-refractivity contribution in [2.75, 3.05) is 18.2 Å². The van der Waals surface area contributed by atoms with Crippen molar-refractivity contribution in [1.29, 1.82) is 0 Å². The Balaban J connectivity index is 1.89. The number of ether oxygens (including phenoxy) is 2. The highest BCUT2D eigenvalue weighted by Crippen LogP contribution is 2.34. The fourth-order valence-electron chi connectivity index (χ4n) is 2.85. The molecular weight excluding hydrogens is 566 g/mol. The maximum atomic E-state index is 14.1. The Labute approximate surface area is 197 Å². The van der Waals surface area contributed by atoms with E-state index in [0.717, 1.165) is 0 Å². The van der Waals surface area contributed by atoms with Gasteiger partial charge in [-0.2, -0.15) is 10.1 Å².